The number of aromatic amines is 1. The molecule has 0 bridgehead atoms. The molecule has 0 atom stereocenters. The number of H-pyrrole nitrogens is 1. The van der Waals surface area contributed by atoms with Crippen LogP contribution in [0.5, 0.6) is 0 Å². The lowest BCUT2D eigenvalue weighted by atomic mass is 10.1. The molecule has 0 radical (unpaired) electrons. The molecule has 0 saturated heterocycles. The van der Waals surface area contributed by atoms with Gasteiger partial charge in [0.15, 0.2) is 11.6 Å². The highest BCUT2D eigenvalue weighted by molar-refractivity contribution is 7.21. The molecule has 0 spiro atoms. The van der Waals surface area contributed by atoms with Crippen molar-refractivity contribution in [1.29, 1.82) is 0 Å². The maximum Gasteiger partial charge on any atom is 0.186 e. The molecule has 0 aliphatic rings. The van der Waals surface area contributed by atoms with Gasteiger partial charge in [0.25, 0.3) is 0 Å². The van der Waals surface area contributed by atoms with Gasteiger partial charge in [0.05, 0.1) is 4.70 Å². The topological polar surface area (TPSA) is 28.7 Å². The Morgan fingerprint density at radius 3 is 2.65 bits per heavy atom. The van der Waals surface area contributed by atoms with E-state index in [0.29, 0.717) is 11.1 Å². The third kappa shape index (κ3) is 1.98. The second-order valence-electron chi connectivity index (χ2n) is 5.47. The maximum absolute atomic E-state index is 13.9. The van der Waals surface area contributed by atoms with Gasteiger partial charge in [0.2, 0.25) is 0 Å². The van der Waals surface area contributed by atoms with E-state index < -0.39 is 17.5 Å². The summed E-state index contributed by atoms with van der Waals surface area (Å²) in [6.07, 6.45) is 0. The molecule has 0 unspecified atom stereocenters. The zero-order chi connectivity index (χ0) is 16.3. The van der Waals surface area contributed by atoms with Gasteiger partial charge in [-0.05, 0) is 19.4 Å². The molecule has 0 fully saturated rings. The van der Waals surface area contributed by atoms with Crippen LogP contribution >= 0.6 is 11.3 Å². The third-order valence-corrected chi connectivity index (χ3v) is 5.04. The van der Waals surface area contributed by atoms with Crippen LogP contribution in [0.3, 0.4) is 0 Å². The summed E-state index contributed by atoms with van der Waals surface area (Å²) in [5.41, 5.74) is 3.43. The number of hydrogen-bond donors (Lipinski definition) is 1. The number of benzene rings is 2. The Morgan fingerprint density at radius 2 is 1.87 bits per heavy atom. The lowest BCUT2D eigenvalue weighted by molar-refractivity contribution is 0.505. The molecule has 0 aliphatic carbocycles. The van der Waals surface area contributed by atoms with Gasteiger partial charge in [-0.15, -0.1) is 11.3 Å². The highest BCUT2D eigenvalue weighted by Gasteiger charge is 2.21. The fourth-order valence-corrected chi connectivity index (χ4v) is 3.94. The molecule has 0 saturated carbocycles. The van der Waals surface area contributed by atoms with E-state index in [1.807, 2.05) is 32.0 Å². The number of thiazole rings is 1. The molecule has 4 aromatic rings. The SMILES string of the molecule is Cc1[nH]c2c(C)cccc2c1-c1nc2c(F)c(F)cc(F)c2s1. The number of fused-ring (bicyclic) bond motifs is 2. The zero-order valence-electron chi connectivity index (χ0n) is 12.3. The average Bonchev–Trinajstić information content (AvgIpc) is 3.07. The number of aromatic nitrogens is 2. The molecule has 23 heavy (non-hydrogen) atoms. The van der Waals surface area contributed by atoms with Crippen molar-refractivity contribution in [3.05, 3.63) is 53.0 Å². The molecular formula is C17H11F3N2S. The van der Waals surface area contributed by atoms with Crippen LogP contribution in [0.4, 0.5) is 13.2 Å². The van der Waals surface area contributed by atoms with Gasteiger partial charge >= 0.3 is 0 Å². The van der Waals surface area contributed by atoms with E-state index in [2.05, 4.69) is 9.97 Å². The predicted octanol–water partition coefficient (Wildman–Crippen LogP) is 5.48. The summed E-state index contributed by atoms with van der Waals surface area (Å²) in [5, 5.41) is 1.40. The lowest BCUT2D eigenvalue weighted by Gasteiger charge is -1.97. The van der Waals surface area contributed by atoms with Crippen LogP contribution in [-0.4, -0.2) is 9.97 Å². The lowest BCUT2D eigenvalue weighted by Crippen LogP contribution is -1.88. The molecule has 2 aromatic heterocycles. The van der Waals surface area contributed by atoms with Crippen LogP contribution in [0.1, 0.15) is 11.3 Å². The molecule has 0 amide bonds. The molecule has 4 rings (SSSR count). The highest BCUT2D eigenvalue weighted by atomic mass is 32.1. The number of nitrogens with one attached hydrogen (secondary N) is 1. The van der Waals surface area contributed by atoms with Crippen molar-refractivity contribution in [3.63, 3.8) is 0 Å². The highest BCUT2D eigenvalue weighted by Crippen LogP contribution is 2.39. The fourth-order valence-electron chi connectivity index (χ4n) is 2.86. The molecule has 116 valence electrons. The number of hydrogen-bond acceptors (Lipinski definition) is 2. The maximum atomic E-state index is 13.9. The monoisotopic (exact) mass is 332 g/mol. The van der Waals surface area contributed by atoms with E-state index in [4.69, 9.17) is 0 Å². The van der Waals surface area contributed by atoms with Crippen LogP contribution in [0, 0.1) is 31.3 Å². The first-order valence-corrected chi connectivity index (χ1v) is 7.81. The van der Waals surface area contributed by atoms with E-state index in [1.165, 1.54) is 0 Å². The Bertz CT molecular complexity index is 1080. The molecule has 6 heteroatoms. The average molecular weight is 332 g/mol. The van der Waals surface area contributed by atoms with Gasteiger partial charge in [-0.2, -0.15) is 0 Å². The van der Waals surface area contributed by atoms with Crippen molar-refractivity contribution in [2.24, 2.45) is 0 Å². The van der Waals surface area contributed by atoms with Gasteiger partial charge < -0.3 is 4.98 Å². The minimum absolute atomic E-state index is 0.0281. The summed E-state index contributed by atoms with van der Waals surface area (Å²) in [6.45, 7) is 3.86. The number of nitrogens with zero attached hydrogens (tertiary/aromatic N) is 1. The van der Waals surface area contributed by atoms with Gasteiger partial charge in [0.1, 0.15) is 16.3 Å². The molecule has 0 aliphatic heterocycles. The van der Waals surface area contributed by atoms with Crippen LogP contribution in [-0.2, 0) is 0 Å². The summed E-state index contributed by atoms with van der Waals surface area (Å²) in [6, 6.07) is 6.39. The summed E-state index contributed by atoms with van der Waals surface area (Å²) in [7, 11) is 0. The summed E-state index contributed by atoms with van der Waals surface area (Å²) >= 11 is 1.03. The Balaban J connectivity index is 2.08. The minimum Gasteiger partial charge on any atom is -0.358 e. The van der Waals surface area contributed by atoms with Crippen molar-refractivity contribution >= 4 is 32.5 Å². The van der Waals surface area contributed by atoms with Crippen molar-refractivity contribution in [2.45, 2.75) is 13.8 Å². The number of rotatable bonds is 1. The summed E-state index contributed by atoms with van der Waals surface area (Å²) < 4.78 is 41.2. The van der Waals surface area contributed by atoms with Gasteiger partial charge in [-0.3, -0.25) is 0 Å². The number of para-hydroxylation sites is 1. The van der Waals surface area contributed by atoms with E-state index >= 15 is 0 Å². The van der Waals surface area contributed by atoms with E-state index in [0.717, 1.165) is 39.1 Å². The quantitative estimate of drug-likeness (QED) is 0.459. The molecule has 2 aromatic carbocycles. The minimum atomic E-state index is -1.22. The molecular weight excluding hydrogens is 321 g/mol. The Kier molecular flexibility index (Phi) is 2.99. The first-order chi connectivity index (χ1) is 11.0. The van der Waals surface area contributed by atoms with E-state index in [-0.39, 0.29) is 10.2 Å². The Labute approximate surface area is 133 Å². The predicted molar refractivity (Wildman–Crippen MR) is 86.3 cm³/mol. The van der Waals surface area contributed by atoms with E-state index in [9.17, 15) is 13.2 Å². The first-order valence-electron chi connectivity index (χ1n) is 6.99. The first kappa shape index (κ1) is 14.3. The van der Waals surface area contributed by atoms with Crippen molar-refractivity contribution < 1.29 is 13.2 Å². The largest absolute Gasteiger partial charge is 0.358 e. The van der Waals surface area contributed by atoms with Gasteiger partial charge in [0, 0.05) is 28.2 Å². The Morgan fingerprint density at radius 1 is 1.09 bits per heavy atom. The zero-order valence-corrected chi connectivity index (χ0v) is 13.1. The fraction of sp³-hybridized carbons (Fsp3) is 0.118. The normalized spacial score (nSPS) is 11.7. The number of halogens is 3. The van der Waals surface area contributed by atoms with Crippen molar-refractivity contribution in [2.75, 3.05) is 0 Å². The van der Waals surface area contributed by atoms with Crippen LogP contribution in [0.25, 0.3) is 31.7 Å². The smallest absolute Gasteiger partial charge is 0.186 e. The second kappa shape index (κ2) is 4.83. The molecule has 2 nitrogen and oxygen atoms in total. The van der Waals surface area contributed by atoms with Crippen LogP contribution < -0.4 is 0 Å². The second-order valence-corrected chi connectivity index (χ2v) is 6.47. The summed E-state index contributed by atoms with van der Waals surface area (Å²) in [5.74, 6) is -3.13. The van der Waals surface area contributed by atoms with Gasteiger partial charge in [-0.1, -0.05) is 18.2 Å². The molecule has 2 heterocycles. The third-order valence-electron chi connectivity index (χ3n) is 3.96. The number of aryl methyl sites for hydroxylation is 2. The van der Waals surface area contributed by atoms with Crippen molar-refractivity contribution in [3.8, 4) is 10.6 Å². The van der Waals surface area contributed by atoms with Gasteiger partial charge in [-0.25, -0.2) is 18.2 Å². The summed E-state index contributed by atoms with van der Waals surface area (Å²) in [4.78, 5) is 7.44. The standard InChI is InChI=1S/C17H11F3N2S/c1-7-4-3-5-9-12(8(2)21-14(7)9)17-22-15-13(20)10(18)6-11(19)16(15)23-17/h3-6,21H,1-2H3. The van der Waals surface area contributed by atoms with Crippen LogP contribution in [0.15, 0.2) is 24.3 Å². The molecule has 1 N–H and O–H groups in total. The van der Waals surface area contributed by atoms with E-state index in [1.54, 1.807) is 0 Å². The Hall–Kier alpha value is -2.34. The van der Waals surface area contributed by atoms with Crippen LogP contribution in [0.2, 0.25) is 0 Å². The van der Waals surface area contributed by atoms with Crippen molar-refractivity contribution in [1.82, 2.24) is 9.97 Å².